The molecule has 8 rings (SSSR count). The Hall–Kier alpha value is -6.42. The lowest BCUT2D eigenvalue weighted by atomic mass is 9.61. The maximum Gasteiger partial charge on any atom is 0.269 e. The third-order valence-electron chi connectivity index (χ3n) is 12.2. The van der Waals surface area contributed by atoms with E-state index in [2.05, 4.69) is 39.0 Å². The van der Waals surface area contributed by atoms with Gasteiger partial charge in [-0.15, -0.1) is 0 Å². The first-order chi connectivity index (χ1) is 28.9. The summed E-state index contributed by atoms with van der Waals surface area (Å²) in [6.07, 6.45) is 6.14. The van der Waals surface area contributed by atoms with E-state index < -0.39 is 0 Å². The van der Waals surface area contributed by atoms with Gasteiger partial charge in [-0.25, -0.2) is 19.9 Å². The molecule has 0 bridgehead atoms. The molecule has 1 saturated heterocycles. The van der Waals surface area contributed by atoms with Crippen LogP contribution in [-0.4, -0.2) is 79.0 Å². The number of benzene rings is 2. The second-order valence-corrected chi connectivity index (χ2v) is 16.3. The zero-order chi connectivity index (χ0) is 42.1. The molecule has 1 fully saturated rings. The number of non-ortho nitro benzene ring substituents is 1. The van der Waals surface area contributed by atoms with E-state index in [1.54, 1.807) is 48.7 Å². The Balaban J connectivity index is 0.843. The molecule has 0 spiro atoms. The number of nitrogens with one attached hydrogen (secondary N) is 1. The summed E-state index contributed by atoms with van der Waals surface area (Å²) in [6.45, 7) is 9.25. The molecule has 310 valence electrons. The molecular formula is C44H47N9O7. The van der Waals surface area contributed by atoms with E-state index in [9.17, 15) is 24.5 Å². The Bertz CT molecular complexity index is 2440. The summed E-state index contributed by atoms with van der Waals surface area (Å²) in [7, 11) is 0. The molecule has 0 radical (unpaired) electrons. The highest BCUT2D eigenvalue weighted by Crippen LogP contribution is 2.53. The summed E-state index contributed by atoms with van der Waals surface area (Å²) < 4.78 is 12.1. The first kappa shape index (κ1) is 40.4. The van der Waals surface area contributed by atoms with Crippen LogP contribution in [0, 0.1) is 34.3 Å². The number of nitro groups is 1. The van der Waals surface area contributed by atoms with Gasteiger partial charge < -0.3 is 9.47 Å². The van der Waals surface area contributed by atoms with Crippen LogP contribution in [-0.2, 0) is 20.7 Å². The van der Waals surface area contributed by atoms with Gasteiger partial charge in [-0.2, -0.15) is 5.10 Å². The van der Waals surface area contributed by atoms with Gasteiger partial charge in [0.15, 0.2) is 23.2 Å². The van der Waals surface area contributed by atoms with Crippen LogP contribution in [0.1, 0.15) is 86.2 Å². The number of ether oxygens (including phenoxy) is 2. The number of H-pyrrole nitrogens is 1. The summed E-state index contributed by atoms with van der Waals surface area (Å²) in [4.78, 5) is 72.4. The molecule has 0 saturated carbocycles. The topological polar surface area (TPSA) is 200 Å². The van der Waals surface area contributed by atoms with Crippen LogP contribution in [0.15, 0.2) is 67.1 Å². The van der Waals surface area contributed by atoms with Crippen molar-refractivity contribution in [3.63, 3.8) is 0 Å². The Morgan fingerprint density at radius 1 is 1.03 bits per heavy atom. The lowest BCUT2D eigenvalue weighted by molar-refractivity contribution is -0.385. The fourth-order valence-corrected chi connectivity index (χ4v) is 8.89. The molecular weight excluding hydrogens is 767 g/mol. The number of fused-ring (bicyclic) bond motifs is 4. The van der Waals surface area contributed by atoms with Crippen LogP contribution >= 0.6 is 0 Å². The lowest BCUT2D eigenvalue weighted by Crippen LogP contribution is -2.49. The number of ketones is 1. The predicted molar refractivity (Wildman–Crippen MR) is 221 cm³/mol. The van der Waals surface area contributed by atoms with Crippen molar-refractivity contribution in [2.24, 2.45) is 17.3 Å². The van der Waals surface area contributed by atoms with Crippen LogP contribution in [0.5, 0.6) is 5.75 Å². The van der Waals surface area contributed by atoms with E-state index in [0.29, 0.717) is 78.3 Å². The molecule has 3 atom stereocenters. The molecule has 60 heavy (non-hydrogen) atoms. The Morgan fingerprint density at radius 2 is 1.85 bits per heavy atom. The quantitative estimate of drug-likeness (QED) is 0.0520. The number of aromatic amines is 1. The van der Waals surface area contributed by atoms with E-state index >= 15 is 0 Å². The average Bonchev–Trinajstić information content (AvgIpc) is 3.98. The number of hydrogen-bond acceptors (Lipinski definition) is 12. The zero-order valence-corrected chi connectivity index (χ0v) is 34.1. The molecule has 3 aromatic heterocycles. The van der Waals surface area contributed by atoms with Crippen LogP contribution in [0.4, 0.5) is 17.3 Å². The molecule has 5 heterocycles. The van der Waals surface area contributed by atoms with Gasteiger partial charge in [-0.05, 0) is 104 Å². The number of nitrogens with zero attached hydrogens (tertiary/aromatic N) is 8. The van der Waals surface area contributed by atoms with Crippen molar-refractivity contribution >= 4 is 34.9 Å². The number of likely N-dealkylation sites (N-methyl/N-ethyl adjacent to an activating group) is 1. The number of Topliss-reactive ketones (excluding diaryl/α,β-unsaturated/α-hetero) is 1. The van der Waals surface area contributed by atoms with Gasteiger partial charge in [0.1, 0.15) is 24.3 Å². The number of rotatable bonds is 14. The first-order valence-corrected chi connectivity index (χ1v) is 20.4. The van der Waals surface area contributed by atoms with Gasteiger partial charge in [0.25, 0.3) is 5.69 Å². The van der Waals surface area contributed by atoms with E-state index in [1.807, 2.05) is 26.0 Å². The van der Waals surface area contributed by atoms with Crippen molar-refractivity contribution in [3.8, 4) is 28.5 Å². The molecule has 2 amide bonds. The highest BCUT2D eigenvalue weighted by molar-refractivity contribution is 6.09. The normalized spacial score (nSPS) is 18.5. The largest absolute Gasteiger partial charge is 0.494 e. The minimum absolute atomic E-state index is 0.0482. The summed E-state index contributed by atoms with van der Waals surface area (Å²) in [5.41, 5.74) is 5.12. The standard InChI is InChI=1S/C44H47N9O7/c1-5-51-39(56)24-52(42-43(51)49-36(23-45-42)31-14-15-35(48-26(31)2)41-46-25-47-50-41)38(55)7-6-19-59-30-12-9-27(10-13-30)37(54)16-18-44(3,4)34-21-28-8-11-29(53(57)58)22-33(28)40-32(34)17-20-60-40/h8-15,22-23,25,32,34,40H,5-7,16-21,24H2,1-4H3,(H,46,47,50)/t32-,34-,40-/m0/s1. The number of carbonyl (C=O) groups is 3. The highest BCUT2D eigenvalue weighted by Gasteiger charge is 2.47. The molecule has 5 aromatic rings. The van der Waals surface area contributed by atoms with Crippen molar-refractivity contribution in [3.05, 3.63) is 99.6 Å². The second-order valence-electron chi connectivity index (χ2n) is 16.3. The fourth-order valence-electron chi connectivity index (χ4n) is 8.89. The van der Waals surface area contributed by atoms with Crippen molar-refractivity contribution in [2.45, 2.75) is 72.3 Å². The summed E-state index contributed by atoms with van der Waals surface area (Å²) >= 11 is 0. The third kappa shape index (κ3) is 7.98. The summed E-state index contributed by atoms with van der Waals surface area (Å²) in [5.74, 6) is 1.83. The summed E-state index contributed by atoms with van der Waals surface area (Å²) in [5, 5.41) is 18.1. The van der Waals surface area contributed by atoms with Gasteiger partial charge >= 0.3 is 0 Å². The maximum absolute atomic E-state index is 13.5. The number of pyridine rings is 1. The Labute approximate surface area is 346 Å². The van der Waals surface area contributed by atoms with Crippen molar-refractivity contribution in [2.75, 3.05) is 36.1 Å². The minimum Gasteiger partial charge on any atom is -0.494 e. The number of carbonyl (C=O) groups excluding carboxylic acids is 3. The number of anilines is 2. The molecule has 0 unspecified atom stereocenters. The highest BCUT2D eigenvalue weighted by atomic mass is 16.6. The van der Waals surface area contributed by atoms with Gasteiger partial charge in [0, 0.05) is 54.9 Å². The lowest BCUT2D eigenvalue weighted by Gasteiger charge is -2.44. The van der Waals surface area contributed by atoms with E-state index in [0.717, 1.165) is 29.5 Å². The van der Waals surface area contributed by atoms with E-state index in [4.69, 9.17) is 14.5 Å². The Morgan fingerprint density at radius 3 is 2.58 bits per heavy atom. The minimum atomic E-state index is -0.358. The van der Waals surface area contributed by atoms with Crippen LogP contribution in [0.3, 0.4) is 0 Å². The fraction of sp³-hybridized carbons (Fsp3) is 0.409. The molecule has 16 nitrogen and oxygen atoms in total. The first-order valence-electron chi connectivity index (χ1n) is 20.4. The third-order valence-corrected chi connectivity index (χ3v) is 12.2. The average molecular weight is 814 g/mol. The smallest absolute Gasteiger partial charge is 0.269 e. The number of nitro benzene ring substituents is 1. The zero-order valence-electron chi connectivity index (χ0n) is 34.1. The molecule has 3 aliphatic rings. The number of hydrogen-bond donors (Lipinski definition) is 1. The second kappa shape index (κ2) is 16.7. The van der Waals surface area contributed by atoms with Gasteiger partial charge in [0.2, 0.25) is 11.8 Å². The summed E-state index contributed by atoms with van der Waals surface area (Å²) in [6, 6.07) is 15.9. The maximum atomic E-state index is 13.5. The van der Waals surface area contributed by atoms with Gasteiger partial charge in [-0.3, -0.25) is 39.4 Å². The number of amides is 2. The number of aryl methyl sites for hydroxylation is 1. The van der Waals surface area contributed by atoms with Crippen LogP contribution in [0.2, 0.25) is 0 Å². The molecule has 1 N–H and O–H groups in total. The molecule has 16 heteroatoms. The predicted octanol–water partition coefficient (Wildman–Crippen LogP) is 7.04. The van der Waals surface area contributed by atoms with Crippen molar-refractivity contribution in [1.29, 1.82) is 0 Å². The van der Waals surface area contributed by atoms with Gasteiger partial charge in [-0.1, -0.05) is 19.9 Å². The van der Waals surface area contributed by atoms with Gasteiger partial charge in [0.05, 0.1) is 29.5 Å². The Kier molecular flexibility index (Phi) is 11.2. The van der Waals surface area contributed by atoms with E-state index in [1.165, 1.54) is 16.1 Å². The molecule has 2 aliphatic heterocycles. The van der Waals surface area contributed by atoms with E-state index in [-0.39, 0.29) is 71.1 Å². The van der Waals surface area contributed by atoms with Crippen LogP contribution < -0.4 is 14.5 Å². The monoisotopic (exact) mass is 813 g/mol. The van der Waals surface area contributed by atoms with Crippen molar-refractivity contribution in [1.82, 2.24) is 30.1 Å². The molecule has 2 aromatic carbocycles. The molecule has 1 aliphatic carbocycles. The SMILES string of the molecule is CCN1C(=O)CN(C(=O)CCCOc2ccc(C(=O)CCC(C)(C)[C@H]3Cc4ccc([N+](=O)[O-])cc4[C@H]4OCC[C@H]43)cc2)c2ncc(-c3ccc(-c4ncn[nH]4)nc3C)nc21. The number of aromatic nitrogens is 6. The van der Waals surface area contributed by atoms with Crippen molar-refractivity contribution < 1.29 is 28.8 Å². The van der Waals surface area contributed by atoms with Crippen LogP contribution in [0.25, 0.3) is 22.8 Å².